The van der Waals surface area contributed by atoms with Crippen molar-refractivity contribution in [2.24, 2.45) is 0 Å². The van der Waals surface area contributed by atoms with Crippen LogP contribution >= 0.6 is 8.60 Å². The summed E-state index contributed by atoms with van der Waals surface area (Å²) >= 11 is 0. The molecule has 0 radical (unpaired) electrons. The fraction of sp³-hybridized carbons (Fsp3) is 0.714. The van der Waals surface area contributed by atoms with E-state index in [-0.39, 0.29) is 0 Å². The van der Waals surface area contributed by atoms with E-state index < -0.39 is 14.0 Å². The highest BCUT2D eigenvalue weighted by Gasteiger charge is 2.41. The van der Waals surface area contributed by atoms with Crippen molar-refractivity contribution in [3.63, 3.8) is 0 Å². The summed E-state index contributed by atoms with van der Waals surface area (Å²) in [4.78, 5) is 21.2. The molecule has 0 aliphatic heterocycles. The molecule has 0 spiro atoms. The third-order valence-electron chi connectivity index (χ3n) is 14.9. The summed E-state index contributed by atoms with van der Waals surface area (Å²) in [6.07, 6.45) is 49.6. The van der Waals surface area contributed by atoms with Gasteiger partial charge in [-0.15, -0.1) is 0 Å². The second-order valence-electron chi connectivity index (χ2n) is 20.7. The highest BCUT2D eigenvalue weighted by Crippen LogP contribution is 2.51. The molecule has 0 aliphatic rings. The smallest absolute Gasteiger partial charge is 0.391 e. The predicted molar refractivity (Wildman–Crippen MR) is 296 cm³/mol. The lowest BCUT2D eigenvalue weighted by Gasteiger charge is -2.40. The van der Waals surface area contributed by atoms with E-state index in [2.05, 4.69) is 83.1 Å². The van der Waals surface area contributed by atoms with Crippen LogP contribution in [0.2, 0.25) is 0 Å². The molecule has 3 rings (SSSR count). The van der Waals surface area contributed by atoms with E-state index in [1.807, 2.05) is 12.1 Å². The number of para-hydroxylation sites is 1. The van der Waals surface area contributed by atoms with Gasteiger partial charge in [0.1, 0.15) is 5.75 Å². The van der Waals surface area contributed by atoms with Crippen molar-refractivity contribution in [2.75, 3.05) is 0 Å². The second-order valence-corrected chi connectivity index (χ2v) is 21.4. The van der Waals surface area contributed by atoms with E-state index >= 15 is 0 Å². The molecule has 0 atom stereocenters. The van der Waals surface area contributed by atoms with Crippen LogP contribution in [0.4, 0.5) is 0 Å². The Balaban J connectivity index is 2.26. The van der Waals surface area contributed by atoms with Crippen LogP contribution in [-0.4, -0.2) is 9.79 Å². The molecule has 4 heteroatoms. The normalized spacial score (nSPS) is 11.9. The monoisotopic (exact) mass is 941 g/mol. The predicted octanol–water partition coefficient (Wildman–Crippen LogP) is 20.5. The zero-order valence-electron chi connectivity index (χ0n) is 44.6. The van der Waals surface area contributed by atoms with E-state index in [4.69, 9.17) is 4.52 Å². The highest BCUT2D eigenvalue weighted by atomic mass is 31.2. The van der Waals surface area contributed by atoms with E-state index in [0.29, 0.717) is 5.75 Å². The highest BCUT2D eigenvalue weighted by molar-refractivity contribution is 7.39. The van der Waals surface area contributed by atoms with Crippen molar-refractivity contribution >= 4 is 8.60 Å². The number of aryl methyl sites for hydroxylation is 4. The van der Waals surface area contributed by atoms with Crippen LogP contribution in [0.25, 0.3) is 0 Å². The first-order valence-electron chi connectivity index (χ1n) is 29.1. The zero-order chi connectivity index (χ0) is 48.1. The van der Waals surface area contributed by atoms with Crippen LogP contribution in [0.3, 0.4) is 0 Å². The molecule has 0 saturated carbocycles. The third kappa shape index (κ3) is 23.5. The first-order valence-corrected chi connectivity index (χ1v) is 30.3. The number of hydrogen-bond acceptors (Lipinski definition) is 3. The molecule has 0 aliphatic carbocycles. The van der Waals surface area contributed by atoms with Crippen molar-refractivity contribution in [3.8, 4) is 5.75 Å². The van der Waals surface area contributed by atoms with Gasteiger partial charge in [-0.05, 0) is 97.2 Å². The van der Waals surface area contributed by atoms with E-state index in [0.717, 1.165) is 44.1 Å². The first kappa shape index (κ1) is 59.1. The molecular weight excluding hydrogens is 836 g/mol. The van der Waals surface area contributed by atoms with Crippen molar-refractivity contribution in [1.29, 1.82) is 0 Å². The third-order valence-corrected chi connectivity index (χ3v) is 15.3. The van der Waals surface area contributed by atoms with Crippen LogP contribution in [0, 0.1) is 0 Å². The lowest BCUT2D eigenvalue weighted by atomic mass is 9.63. The Morgan fingerprint density at radius 1 is 0.358 bits per heavy atom. The summed E-state index contributed by atoms with van der Waals surface area (Å²) in [5.41, 5.74) is 9.40. The average Bonchev–Trinajstić information content (AvgIpc) is 3.33. The molecule has 3 nitrogen and oxygen atoms in total. The lowest BCUT2D eigenvalue weighted by molar-refractivity contribution is 0.368. The summed E-state index contributed by atoms with van der Waals surface area (Å²) in [5.74, 6) is 0.618. The van der Waals surface area contributed by atoms with Gasteiger partial charge in [0, 0.05) is 11.0 Å². The van der Waals surface area contributed by atoms with Crippen molar-refractivity contribution in [2.45, 2.75) is 290 Å². The molecule has 0 unspecified atom stereocenters. The average molecular weight is 942 g/mol. The molecular formula is C63H105O3P. The Morgan fingerprint density at radius 3 is 1.06 bits per heavy atom. The van der Waals surface area contributed by atoms with Crippen molar-refractivity contribution < 1.29 is 14.3 Å². The largest absolute Gasteiger partial charge is 0.427 e. The van der Waals surface area contributed by atoms with Gasteiger partial charge in [-0.3, -0.25) is 0 Å². The van der Waals surface area contributed by atoms with Crippen molar-refractivity contribution in [3.05, 3.63) is 99.6 Å². The Hall–Kier alpha value is -2.19. The Kier molecular flexibility index (Phi) is 34.0. The molecule has 0 bridgehead atoms. The van der Waals surface area contributed by atoms with Gasteiger partial charge in [0.15, 0.2) is 0 Å². The summed E-state index contributed by atoms with van der Waals surface area (Å²) in [6.45, 7) is 11.6. The van der Waals surface area contributed by atoms with E-state index in [9.17, 15) is 9.79 Å². The summed E-state index contributed by atoms with van der Waals surface area (Å²) in [7, 11) is -2.59. The fourth-order valence-electron chi connectivity index (χ4n) is 11.0. The van der Waals surface area contributed by atoms with Crippen LogP contribution in [0.5, 0.6) is 5.75 Å². The molecule has 3 aromatic rings. The molecule has 2 N–H and O–H groups in total. The maximum absolute atomic E-state index is 10.6. The second kappa shape index (κ2) is 38.5. The maximum Gasteiger partial charge on any atom is 0.391 e. The zero-order valence-corrected chi connectivity index (χ0v) is 45.5. The molecule has 0 amide bonds. The maximum atomic E-state index is 10.6. The molecule has 3 aromatic carbocycles. The van der Waals surface area contributed by atoms with Gasteiger partial charge in [0.05, 0.1) is 0 Å². The molecule has 0 fully saturated rings. The van der Waals surface area contributed by atoms with Gasteiger partial charge in [0.25, 0.3) is 0 Å². The molecule has 0 aromatic heterocycles. The lowest BCUT2D eigenvalue weighted by Crippen LogP contribution is -2.33. The minimum absolute atomic E-state index is 0.505. The topological polar surface area (TPSA) is 49.7 Å². The number of benzene rings is 3. The molecule has 380 valence electrons. The quantitative estimate of drug-likeness (QED) is 0.0337. The standard InChI is InChI=1S/C63H105O3P/c1-6-11-16-21-26-30-35-42-55-48-50-59(57(53-55)44-37-32-28-23-18-13-8-3)63(52-41-34-25-20-15-10-5,61-46-39-40-47-62(61)66-67(64)65)60-51-49-56(43-36-31-27-22-17-12-7-2)54-58(60)45-38-33-29-24-19-14-9-4/h39-40,46-51,53-54,64-65H,6-38,41-45,52H2,1-5H3. The first-order chi connectivity index (χ1) is 32.9. The van der Waals surface area contributed by atoms with E-state index in [1.165, 1.54) is 245 Å². The van der Waals surface area contributed by atoms with Gasteiger partial charge in [0.2, 0.25) is 0 Å². The minimum Gasteiger partial charge on any atom is -0.427 e. The van der Waals surface area contributed by atoms with Gasteiger partial charge in [-0.25, -0.2) is 0 Å². The number of unbranched alkanes of at least 4 members (excludes halogenated alkanes) is 29. The van der Waals surface area contributed by atoms with Gasteiger partial charge < -0.3 is 14.3 Å². The number of rotatable bonds is 44. The summed E-state index contributed by atoms with van der Waals surface area (Å²) in [6, 6.07) is 23.8. The molecule has 67 heavy (non-hydrogen) atoms. The fourth-order valence-corrected chi connectivity index (χ4v) is 11.3. The Bertz CT molecular complexity index is 1550. The van der Waals surface area contributed by atoms with Gasteiger partial charge in [-0.1, -0.05) is 282 Å². The van der Waals surface area contributed by atoms with Crippen LogP contribution < -0.4 is 4.52 Å². The van der Waals surface area contributed by atoms with Crippen LogP contribution in [0.15, 0.2) is 60.7 Å². The SMILES string of the molecule is CCCCCCCCCc1ccc(C(CCCCCCCC)(c2ccc(CCCCCCCCC)cc2CCCCCCCCC)c2ccccc2OP(O)O)c(CCCCCCCCC)c1. The van der Waals surface area contributed by atoms with Gasteiger partial charge >= 0.3 is 8.60 Å². The summed E-state index contributed by atoms with van der Waals surface area (Å²) < 4.78 is 6.15. The molecule has 0 heterocycles. The van der Waals surface area contributed by atoms with Gasteiger partial charge in [-0.2, -0.15) is 0 Å². The Morgan fingerprint density at radius 2 is 0.687 bits per heavy atom. The van der Waals surface area contributed by atoms with Crippen LogP contribution in [0.1, 0.15) is 298 Å². The van der Waals surface area contributed by atoms with E-state index in [1.54, 1.807) is 0 Å². The minimum atomic E-state index is -2.59. The number of hydrogen-bond donors (Lipinski definition) is 2. The van der Waals surface area contributed by atoms with Crippen molar-refractivity contribution in [1.82, 2.24) is 0 Å². The van der Waals surface area contributed by atoms with Crippen LogP contribution in [-0.2, 0) is 31.1 Å². The summed E-state index contributed by atoms with van der Waals surface area (Å²) in [5, 5.41) is 0. The molecule has 0 saturated heterocycles. The Labute approximate surface area is 416 Å².